The Balaban J connectivity index is 1.24. The normalized spacial score (nSPS) is 21.3. The minimum absolute atomic E-state index is 0.00743. The van der Waals surface area contributed by atoms with Crippen LogP contribution in [0.15, 0.2) is 48.7 Å². The number of aromatic nitrogens is 1. The third kappa shape index (κ3) is 4.16. The van der Waals surface area contributed by atoms with E-state index >= 15 is 0 Å². The minimum atomic E-state index is -0.175. The highest BCUT2D eigenvalue weighted by Gasteiger charge is 2.49. The molecule has 1 saturated heterocycles. The lowest BCUT2D eigenvalue weighted by atomic mass is 10.1. The van der Waals surface area contributed by atoms with Crippen molar-refractivity contribution >= 4 is 17.6 Å². The Hall–Kier alpha value is -2.89. The standard InChI is InChI=1S/C22H26N4O2/c1-16-5-4-6-17(13-16)15-24-21(27)18-14-19(18)22(28)26-11-9-25(10-12-26)20-7-2-3-8-23-20/h2-8,13,18-19H,9-12,14-15H2,1H3,(H,24,27). The Labute approximate surface area is 165 Å². The van der Waals surface area contributed by atoms with Crippen molar-refractivity contribution in [2.45, 2.75) is 19.9 Å². The Morgan fingerprint density at radius 2 is 1.89 bits per heavy atom. The summed E-state index contributed by atoms with van der Waals surface area (Å²) in [5.41, 5.74) is 2.26. The fourth-order valence-corrected chi connectivity index (χ4v) is 3.83. The molecule has 1 aromatic carbocycles. The number of amides is 2. The highest BCUT2D eigenvalue weighted by Crippen LogP contribution is 2.40. The summed E-state index contributed by atoms with van der Waals surface area (Å²) in [5, 5.41) is 2.98. The molecular formula is C22H26N4O2. The van der Waals surface area contributed by atoms with E-state index in [1.54, 1.807) is 6.20 Å². The molecule has 0 radical (unpaired) electrons. The van der Waals surface area contributed by atoms with Crippen LogP contribution in [0.1, 0.15) is 17.5 Å². The number of benzene rings is 1. The second-order valence-corrected chi connectivity index (χ2v) is 7.66. The summed E-state index contributed by atoms with van der Waals surface area (Å²) < 4.78 is 0. The van der Waals surface area contributed by atoms with Gasteiger partial charge in [-0.3, -0.25) is 9.59 Å². The maximum absolute atomic E-state index is 12.7. The highest BCUT2D eigenvalue weighted by atomic mass is 16.2. The van der Waals surface area contributed by atoms with E-state index in [-0.39, 0.29) is 23.7 Å². The molecule has 1 aromatic heterocycles. The number of carbonyl (C=O) groups excluding carboxylic acids is 2. The van der Waals surface area contributed by atoms with E-state index in [2.05, 4.69) is 21.3 Å². The summed E-state index contributed by atoms with van der Waals surface area (Å²) >= 11 is 0. The van der Waals surface area contributed by atoms with Crippen molar-refractivity contribution < 1.29 is 9.59 Å². The first kappa shape index (κ1) is 18.5. The second-order valence-electron chi connectivity index (χ2n) is 7.66. The molecule has 6 heteroatoms. The van der Waals surface area contributed by atoms with Crippen molar-refractivity contribution in [1.82, 2.24) is 15.2 Å². The SMILES string of the molecule is Cc1cccc(CNC(=O)C2CC2C(=O)N2CCN(c3ccccn3)CC2)c1. The van der Waals surface area contributed by atoms with Crippen molar-refractivity contribution in [2.24, 2.45) is 11.8 Å². The van der Waals surface area contributed by atoms with Gasteiger partial charge in [-0.1, -0.05) is 35.9 Å². The molecule has 2 aromatic rings. The molecule has 2 fully saturated rings. The molecule has 1 aliphatic carbocycles. The van der Waals surface area contributed by atoms with Crippen LogP contribution in [0, 0.1) is 18.8 Å². The smallest absolute Gasteiger partial charge is 0.226 e. The molecule has 4 rings (SSSR count). The summed E-state index contributed by atoms with van der Waals surface area (Å²) in [4.78, 5) is 33.6. The third-order valence-corrected chi connectivity index (χ3v) is 5.56. The molecule has 2 heterocycles. The minimum Gasteiger partial charge on any atom is -0.353 e. The van der Waals surface area contributed by atoms with Gasteiger partial charge in [-0.2, -0.15) is 0 Å². The van der Waals surface area contributed by atoms with Crippen molar-refractivity contribution in [3.8, 4) is 0 Å². The van der Waals surface area contributed by atoms with Gasteiger partial charge in [0, 0.05) is 38.9 Å². The number of rotatable bonds is 5. The Kier molecular flexibility index (Phi) is 5.28. The van der Waals surface area contributed by atoms with E-state index in [0.717, 1.165) is 24.5 Å². The topological polar surface area (TPSA) is 65.5 Å². The largest absolute Gasteiger partial charge is 0.353 e. The summed E-state index contributed by atoms with van der Waals surface area (Å²) in [7, 11) is 0. The molecule has 1 saturated carbocycles. The zero-order chi connectivity index (χ0) is 19.5. The van der Waals surface area contributed by atoms with Crippen molar-refractivity contribution in [3.05, 3.63) is 59.8 Å². The average molecular weight is 378 g/mol. The lowest BCUT2D eigenvalue weighted by Gasteiger charge is -2.35. The third-order valence-electron chi connectivity index (χ3n) is 5.56. The molecule has 28 heavy (non-hydrogen) atoms. The van der Waals surface area contributed by atoms with Gasteiger partial charge in [-0.15, -0.1) is 0 Å². The Morgan fingerprint density at radius 1 is 1.07 bits per heavy atom. The zero-order valence-corrected chi connectivity index (χ0v) is 16.2. The average Bonchev–Trinajstić information content (AvgIpc) is 3.53. The zero-order valence-electron chi connectivity index (χ0n) is 16.2. The van der Waals surface area contributed by atoms with Gasteiger partial charge in [0.05, 0.1) is 11.8 Å². The van der Waals surface area contributed by atoms with Gasteiger partial charge in [0.25, 0.3) is 0 Å². The van der Waals surface area contributed by atoms with Crippen molar-refractivity contribution in [2.75, 3.05) is 31.1 Å². The fraction of sp³-hybridized carbons (Fsp3) is 0.409. The predicted molar refractivity (Wildman–Crippen MR) is 108 cm³/mol. The van der Waals surface area contributed by atoms with Gasteiger partial charge in [0.15, 0.2) is 0 Å². The maximum Gasteiger partial charge on any atom is 0.226 e. The quantitative estimate of drug-likeness (QED) is 0.864. The number of nitrogens with one attached hydrogen (secondary N) is 1. The Bertz CT molecular complexity index is 847. The molecule has 1 aliphatic heterocycles. The van der Waals surface area contributed by atoms with Crippen LogP contribution >= 0.6 is 0 Å². The van der Waals surface area contributed by atoms with Crippen molar-refractivity contribution in [1.29, 1.82) is 0 Å². The maximum atomic E-state index is 12.7. The fourth-order valence-electron chi connectivity index (χ4n) is 3.83. The second kappa shape index (κ2) is 8.00. The molecule has 2 amide bonds. The van der Waals surface area contributed by atoms with Crippen LogP contribution in [0.4, 0.5) is 5.82 Å². The lowest BCUT2D eigenvalue weighted by molar-refractivity contribution is -0.135. The summed E-state index contributed by atoms with van der Waals surface area (Å²) in [6.07, 6.45) is 2.45. The van der Waals surface area contributed by atoms with E-state index in [4.69, 9.17) is 0 Å². The highest BCUT2D eigenvalue weighted by molar-refractivity contribution is 5.92. The van der Waals surface area contributed by atoms with Gasteiger partial charge in [-0.25, -0.2) is 4.98 Å². The molecule has 1 N–H and O–H groups in total. The van der Waals surface area contributed by atoms with Crippen molar-refractivity contribution in [3.63, 3.8) is 0 Å². The molecule has 146 valence electrons. The van der Waals surface area contributed by atoms with E-state index in [9.17, 15) is 9.59 Å². The van der Waals surface area contributed by atoms with Crippen LogP contribution in [-0.2, 0) is 16.1 Å². The van der Waals surface area contributed by atoms with Gasteiger partial charge < -0.3 is 15.1 Å². The first-order chi connectivity index (χ1) is 13.6. The number of carbonyl (C=O) groups is 2. The van der Waals surface area contributed by atoms with Crippen LogP contribution in [0.3, 0.4) is 0 Å². The summed E-state index contributed by atoms with van der Waals surface area (Å²) in [5.74, 6) is 0.739. The molecule has 0 spiro atoms. The van der Waals surface area contributed by atoms with Crippen LogP contribution in [0.25, 0.3) is 0 Å². The van der Waals surface area contributed by atoms with Crippen LogP contribution in [0.2, 0.25) is 0 Å². The summed E-state index contributed by atoms with van der Waals surface area (Å²) in [6.45, 7) is 5.47. The molecular weight excluding hydrogens is 352 g/mol. The van der Waals surface area contributed by atoms with Crippen LogP contribution in [0.5, 0.6) is 0 Å². The first-order valence-electron chi connectivity index (χ1n) is 9.90. The number of piperazine rings is 1. The van der Waals surface area contributed by atoms with E-state index < -0.39 is 0 Å². The van der Waals surface area contributed by atoms with Gasteiger partial charge in [0.1, 0.15) is 5.82 Å². The molecule has 2 unspecified atom stereocenters. The summed E-state index contributed by atoms with van der Waals surface area (Å²) in [6, 6.07) is 14.0. The molecule has 2 aliphatic rings. The van der Waals surface area contributed by atoms with Gasteiger partial charge >= 0.3 is 0 Å². The number of hydrogen-bond donors (Lipinski definition) is 1. The number of hydrogen-bond acceptors (Lipinski definition) is 4. The monoisotopic (exact) mass is 378 g/mol. The molecule has 6 nitrogen and oxygen atoms in total. The van der Waals surface area contributed by atoms with E-state index in [0.29, 0.717) is 26.1 Å². The van der Waals surface area contributed by atoms with Gasteiger partial charge in [0.2, 0.25) is 11.8 Å². The number of nitrogens with zero attached hydrogens (tertiary/aromatic N) is 3. The number of anilines is 1. The molecule has 2 atom stereocenters. The van der Waals surface area contributed by atoms with Crippen LogP contribution < -0.4 is 10.2 Å². The first-order valence-corrected chi connectivity index (χ1v) is 9.90. The Morgan fingerprint density at radius 3 is 2.61 bits per heavy atom. The van der Waals surface area contributed by atoms with E-state index in [1.807, 2.05) is 48.2 Å². The molecule has 0 bridgehead atoms. The van der Waals surface area contributed by atoms with E-state index in [1.165, 1.54) is 5.56 Å². The lowest BCUT2D eigenvalue weighted by Crippen LogP contribution is -2.49. The van der Waals surface area contributed by atoms with Gasteiger partial charge in [-0.05, 0) is 31.0 Å². The number of pyridine rings is 1. The van der Waals surface area contributed by atoms with Crippen LogP contribution in [-0.4, -0.2) is 47.9 Å². The predicted octanol–water partition coefficient (Wildman–Crippen LogP) is 1.99. The number of aryl methyl sites for hydroxylation is 1.